The maximum atomic E-state index is 13.5. The number of nitrogens with zero attached hydrogens (tertiary/aromatic N) is 2. The van der Waals surface area contributed by atoms with Crippen LogP contribution in [-0.4, -0.2) is 21.0 Å². The lowest BCUT2D eigenvalue weighted by molar-refractivity contribution is 0.0697. The number of aromatic nitrogens is 2. The van der Waals surface area contributed by atoms with E-state index in [-0.39, 0.29) is 11.3 Å². The summed E-state index contributed by atoms with van der Waals surface area (Å²) in [5.41, 5.74) is 0.867. The smallest absolute Gasteiger partial charge is 0.335 e. The number of nitrogens with one attached hydrogen (secondary N) is 1. The average Bonchev–Trinajstić information content (AvgIpc) is 2.37. The number of anilines is 1. The third-order valence-corrected chi connectivity index (χ3v) is 2.51. The van der Waals surface area contributed by atoms with E-state index in [1.807, 2.05) is 0 Å². The second-order valence-corrected chi connectivity index (χ2v) is 3.95. The van der Waals surface area contributed by atoms with E-state index in [4.69, 9.17) is 5.11 Å². The molecule has 0 aliphatic heterocycles. The van der Waals surface area contributed by atoms with E-state index in [1.165, 1.54) is 12.1 Å². The molecule has 0 aliphatic carbocycles. The quantitative estimate of drug-likeness (QED) is 0.882. The molecule has 0 unspecified atom stereocenters. The first kappa shape index (κ1) is 12.9. The summed E-state index contributed by atoms with van der Waals surface area (Å²) in [6.07, 6.45) is 1.61. The summed E-state index contributed by atoms with van der Waals surface area (Å²) in [7, 11) is 0. The van der Waals surface area contributed by atoms with Crippen LogP contribution in [0, 0.1) is 12.7 Å². The van der Waals surface area contributed by atoms with Crippen LogP contribution in [0.25, 0.3) is 0 Å². The first-order valence-corrected chi connectivity index (χ1v) is 5.61. The molecule has 5 nitrogen and oxygen atoms in total. The zero-order chi connectivity index (χ0) is 13.8. The Morgan fingerprint density at radius 3 is 2.89 bits per heavy atom. The Morgan fingerprint density at radius 2 is 2.21 bits per heavy atom. The number of carboxylic acid groups (broad SMARTS) is 1. The molecule has 0 atom stereocenters. The van der Waals surface area contributed by atoms with Gasteiger partial charge in [0.2, 0.25) is 0 Å². The fourth-order valence-corrected chi connectivity index (χ4v) is 1.58. The minimum Gasteiger partial charge on any atom is -0.478 e. The molecule has 0 saturated carbocycles. The molecule has 2 aromatic rings. The number of carbonyl (C=O) groups is 1. The second-order valence-electron chi connectivity index (χ2n) is 3.95. The van der Waals surface area contributed by atoms with E-state index < -0.39 is 11.8 Å². The minimum absolute atomic E-state index is 0.0303. The van der Waals surface area contributed by atoms with Gasteiger partial charge in [-0.1, -0.05) is 0 Å². The van der Waals surface area contributed by atoms with Crippen LogP contribution in [0.3, 0.4) is 0 Å². The summed E-state index contributed by atoms with van der Waals surface area (Å²) in [5.74, 6) is -0.976. The fraction of sp³-hybridized carbons (Fsp3) is 0.154. The van der Waals surface area contributed by atoms with Gasteiger partial charge in [-0.3, -0.25) is 0 Å². The van der Waals surface area contributed by atoms with Gasteiger partial charge in [0.15, 0.2) is 0 Å². The number of hydrogen-bond acceptors (Lipinski definition) is 4. The monoisotopic (exact) mass is 261 g/mol. The van der Waals surface area contributed by atoms with Gasteiger partial charge < -0.3 is 10.4 Å². The predicted molar refractivity (Wildman–Crippen MR) is 67.5 cm³/mol. The molecule has 1 heterocycles. The number of hydrogen-bond donors (Lipinski definition) is 2. The van der Waals surface area contributed by atoms with Crippen molar-refractivity contribution in [3.8, 4) is 0 Å². The summed E-state index contributed by atoms with van der Waals surface area (Å²) in [5, 5.41) is 11.7. The summed E-state index contributed by atoms with van der Waals surface area (Å²) in [6, 6.07) is 5.30. The normalized spacial score (nSPS) is 10.2. The van der Waals surface area contributed by atoms with Crippen LogP contribution in [0.1, 0.15) is 21.9 Å². The molecule has 2 N–H and O–H groups in total. The largest absolute Gasteiger partial charge is 0.478 e. The Kier molecular flexibility index (Phi) is 3.70. The van der Waals surface area contributed by atoms with Gasteiger partial charge in [0, 0.05) is 6.20 Å². The molecule has 0 spiro atoms. The van der Waals surface area contributed by atoms with Crippen molar-refractivity contribution in [3.63, 3.8) is 0 Å². The highest BCUT2D eigenvalue weighted by atomic mass is 19.1. The summed E-state index contributed by atoms with van der Waals surface area (Å²) < 4.78 is 13.5. The lowest BCUT2D eigenvalue weighted by atomic mass is 10.2. The minimum atomic E-state index is -1.10. The van der Waals surface area contributed by atoms with Gasteiger partial charge in [-0.15, -0.1) is 0 Å². The van der Waals surface area contributed by atoms with Gasteiger partial charge in [-0.25, -0.2) is 19.2 Å². The van der Waals surface area contributed by atoms with Crippen LogP contribution in [0.15, 0.2) is 30.5 Å². The van der Waals surface area contributed by atoms with Crippen molar-refractivity contribution < 1.29 is 14.3 Å². The Bertz CT molecular complexity index is 617. The van der Waals surface area contributed by atoms with Gasteiger partial charge in [-0.2, -0.15) is 0 Å². The Hall–Kier alpha value is -2.50. The molecule has 1 aromatic carbocycles. The lowest BCUT2D eigenvalue weighted by Crippen LogP contribution is -2.06. The van der Waals surface area contributed by atoms with Gasteiger partial charge in [-0.05, 0) is 31.2 Å². The maximum absolute atomic E-state index is 13.5. The standard InChI is InChI=1S/C13H12FN3O2/c1-8-15-5-4-10(17-8)7-16-12-6-9(13(18)19)2-3-11(12)14/h2-6,16H,7H2,1H3,(H,18,19). The van der Waals surface area contributed by atoms with Crippen LogP contribution >= 0.6 is 0 Å². The number of halogens is 1. The molecule has 0 radical (unpaired) electrons. The van der Waals surface area contributed by atoms with Gasteiger partial charge in [0.25, 0.3) is 0 Å². The van der Waals surface area contributed by atoms with E-state index in [0.717, 1.165) is 6.07 Å². The second kappa shape index (κ2) is 5.43. The number of rotatable bonds is 4. The van der Waals surface area contributed by atoms with E-state index >= 15 is 0 Å². The zero-order valence-corrected chi connectivity index (χ0v) is 10.2. The molecule has 19 heavy (non-hydrogen) atoms. The van der Waals surface area contributed by atoms with Gasteiger partial charge in [0.05, 0.1) is 23.5 Å². The third-order valence-electron chi connectivity index (χ3n) is 2.51. The maximum Gasteiger partial charge on any atom is 0.335 e. The fourth-order valence-electron chi connectivity index (χ4n) is 1.58. The first-order chi connectivity index (χ1) is 9.06. The van der Waals surface area contributed by atoms with E-state index in [2.05, 4.69) is 15.3 Å². The number of aromatic carboxylic acids is 1. The lowest BCUT2D eigenvalue weighted by Gasteiger charge is -2.08. The number of benzene rings is 1. The molecule has 2 rings (SSSR count). The highest BCUT2D eigenvalue weighted by molar-refractivity contribution is 5.88. The summed E-state index contributed by atoms with van der Waals surface area (Å²) in [4.78, 5) is 18.9. The third kappa shape index (κ3) is 3.25. The van der Waals surface area contributed by atoms with Crippen LogP contribution < -0.4 is 5.32 Å². The van der Waals surface area contributed by atoms with Crippen LogP contribution in [0.5, 0.6) is 0 Å². The van der Waals surface area contributed by atoms with Gasteiger partial charge >= 0.3 is 5.97 Å². The van der Waals surface area contributed by atoms with Crippen LogP contribution in [-0.2, 0) is 6.54 Å². The Balaban J connectivity index is 2.15. The van der Waals surface area contributed by atoms with Crippen molar-refractivity contribution in [1.82, 2.24) is 9.97 Å². The van der Waals surface area contributed by atoms with E-state index in [0.29, 0.717) is 18.1 Å². The SMILES string of the molecule is Cc1nccc(CNc2cc(C(=O)O)ccc2F)n1. The number of aryl methyl sites for hydroxylation is 1. The molecular weight excluding hydrogens is 249 g/mol. The van der Waals surface area contributed by atoms with Crippen molar-refractivity contribution in [3.05, 3.63) is 53.4 Å². The molecule has 6 heteroatoms. The molecule has 0 bridgehead atoms. The molecule has 0 saturated heterocycles. The topological polar surface area (TPSA) is 75.1 Å². The van der Waals surface area contributed by atoms with Gasteiger partial charge in [0.1, 0.15) is 11.6 Å². The molecular formula is C13H12FN3O2. The number of carboxylic acids is 1. The van der Waals surface area contributed by atoms with Crippen molar-refractivity contribution in [2.75, 3.05) is 5.32 Å². The predicted octanol–water partition coefficient (Wildman–Crippen LogP) is 2.23. The van der Waals surface area contributed by atoms with Crippen molar-refractivity contribution >= 4 is 11.7 Å². The highest BCUT2D eigenvalue weighted by Gasteiger charge is 2.08. The van der Waals surface area contributed by atoms with Crippen molar-refractivity contribution in [2.24, 2.45) is 0 Å². The molecule has 98 valence electrons. The molecule has 0 fully saturated rings. The summed E-state index contributed by atoms with van der Waals surface area (Å²) in [6.45, 7) is 2.05. The average molecular weight is 261 g/mol. The Labute approximate surface area is 109 Å². The summed E-state index contributed by atoms with van der Waals surface area (Å²) >= 11 is 0. The van der Waals surface area contributed by atoms with Crippen LogP contribution in [0.2, 0.25) is 0 Å². The highest BCUT2D eigenvalue weighted by Crippen LogP contribution is 2.17. The molecule has 0 amide bonds. The van der Waals surface area contributed by atoms with Crippen molar-refractivity contribution in [2.45, 2.75) is 13.5 Å². The van der Waals surface area contributed by atoms with Crippen LogP contribution in [0.4, 0.5) is 10.1 Å². The van der Waals surface area contributed by atoms with E-state index in [9.17, 15) is 9.18 Å². The van der Waals surface area contributed by atoms with Crippen molar-refractivity contribution in [1.29, 1.82) is 0 Å². The molecule has 1 aromatic heterocycles. The van der Waals surface area contributed by atoms with E-state index in [1.54, 1.807) is 19.2 Å². The first-order valence-electron chi connectivity index (χ1n) is 5.61. The Morgan fingerprint density at radius 1 is 1.42 bits per heavy atom. The molecule has 0 aliphatic rings. The zero-order valence-electron chi connectivity index (χ0n) is 10.2.